The Balaban J connectivity index is 1.14. The van der Waals surface area contributed by atoms with Crippen molar-refractivity contribution in [1.29, 1.82) is 0 Å². The predicted molar refractivity (Wildman–Crippen MR) is 233 cm³/mol. The molecule has 0 aliphatic heterocycles. The van der Waals surface area contributed by atoms with Gasteiger partial charge in [0.05, 0.1) is 11.1 Å². The van der Waals surface area contributed by atoms with E-state index in [0.717, 1.165) is 0 Å². The minimum Gasteiger partial charge on any atom is -0.310 e. The Morgan fingerprint density at radius 2 is 0.821 bits per heavy atom. The molecule has 0 saturated carbocycles. The van der Waals surface area contributed by atoms with Crippen LogP contribution >= 0.6 is 0 Å². The summed E-state index contributed by atoms with van der Waals surface area (Å²) in [6.07, 6.45) is 9.55. The smallest absolute Gasteiger partial charge is 0.0538 e. The third-order valence-electron chi connectivity index (χ3n) is 14.4. The SMILES string of the molecule is CC1(C)c2ccccc2-c2ccc(N(c3ccc4c(c3)C(C)(C)c3ccccc3-4)c3cccc4c3C3C=CC=CC3C43c4ccccc4-c4ccccc43)cc21. The molecule has 1 nitrogen and oxygen atoms in total. The molecule has 0 fully saturated rings. The second-order valence-corrected chi connectivity index (χ2v) is 17.6. The standard InChI is InChI=1S/C55H43N/c1-53(2)43-21-10-5-16-36(43)40-30-28-34(32-49(40)53)56(35-29-31-41-37-17-6-11-22-44(37)54(3,4)50(41)33-35)51-27-15-26-48-52(51)42-20-9-14-25-47(42)55(48)45-23-12-7-18-38(45)39-19-8-13-24-46(39)55/h5-33,42,47H,1-4H3. The Morgan fingerprint density at radius 1 is 0.393 bits per heavy atom. The molecule has 0 bridgehead atoms. The summed E-state index contributed by atoms with van der Waals surface area (Å²) in [6, 6.07) is 58.0. The Kier molecular flexibility index (Phi) is 6.30. The summed E-state index contributed by atoms with van der Waals surface area (Å²) in [5, 5.41) is 0. The van der Waals surface area contributed by atoms with Gasteiger partial charge in [0, 0.05) is 34.0 Å². The van der Waals surface area contributed by atoms with Gasteiger partial charge >= 0.3 is 0 Å². The lowest BCUT2D eigenvalue weighted by atomic mass is 9.65. The van der Waals surface area contributed by atoms with Crippen molar-refractivity contribution in [2.24, 2.45) is 5.92 Å². The van der Waals surface area contributed by atoms with Gasteiger partial charge in [-0.2, -0.15) is 0 Å². The van der Waals surface area contributed by atoms with Crippen molar-refractivity contribution in [3.05, 3.63) is 220 Å². The van der Waals surface area contributed by atoms with Gasteiger partial charge in [-0.1, -0.05) is 173 Å². The Bertz CT molecular complexity index is 2740. The number of hydrogen-bond acceptors (Lipinski definition) is 1. The molecule has 5 aliphatic rings. The zero-order valence-electron chi connectivity index (χ0n) is 32.3. The largest absolute Gasteiger partial charge is 0.310 e. The fraction of sp³-hybridized carbons (Fsp3) is 0.164. The summed E-state index contributed by atoms with van der Waals surface area (Å²) < 4.78 is 0. The molecule has 1 spiro atoms. The Labute approximate surface area is 330 Å². The highest BCUT2D eigenvalue weighted by Gasteiger charge is 2.58. The van der Waals surface area contributed by atoms with Crippen molar-refractivity contribution in [3.8, 4) is 33.4 Å². The van der Waals surface area contributed by atoms with Crippen molar-refractivity contribution in [1.82, 2.24) is 0 Å². The second kappa shape index (κ2) is 11.0. The summed E-state index contributed by atoms with van der Waals surface area (Å²) in [6.45, 7) is 9.57. The highest BCUT2D eigenvalue weighted by molar-refractivity contribution is 5.92. The molecule has 5 aliphatic carbocycles. The third kappa shape index (κ3) is 3.86. The Hall–Kier alpha value is -6.18. The van der Waals surface area contributed by atoms with Crippen LogP contribution in [0.15, 0.2) is 176 Å². The van der Waals surface area contributed by atoms with Crippen LogP contribution in [0.3, 0.4) is 0 Å². The van der Waals surface area contributed by atoms with Crippen molar-refractivity contribution >= 4 is 17.1 Å². The van der Waals surface area contributed by atoms with Crippen molar-refractivity contribution in [3.63, 3.8) is 0 Å². The lowest BCUT2D eigenvalue weighted by Crippen LogP contribution is -2.32. The molecular weight excluding hydrogens is 675 g/mol. The van der Waals surface area contributed by atoms with E-state index in [-0.39, 0.29) is 28.1 Å². The first-order valence-electron chi connectivity index (χ1n) is 20.3. The zero-order chi connectivity index (χ0) is 37.6. The van der Waals surface area contributed by atoms with Gasteiger partial charge in [0.1, 0.15) is 0 Å². The third-order valence-corrected chi connectivity index (χ3v) is 14.4. The highest BCUT2D eigenvalue weighted by Crippen LogP contribution is 2.67. The molecular formula is C55H43N. The summed E-state index contributed by atoms with van der Waals surface area (Å²) in [5.41, 5.74) is 22.5. The normalized spacial score (nSPS) is 19.7. The maximum Gasteiger partial charge on any atom is 0.0538 e. The molecule has 12 rings (SSSR count). The van der Waals surface area contributed by atoms with E-state index in [0.29, 0.717) is 0 Å². The molecule has 268 valence electrons. The maximum atomic E-state index is 2.60. The number of hydrogen-bond donors (Lipinski definition) is 0. The molecule has 56 heavy (non-hydrogen) atoms. The number of fused-ring (bicyclic) bond motifs is 16. The molecule has 2 atom stereocenters. The highest BCUT2D eigenvalue weighted by atomic mass is 15.1. The van der Waals surface area contributed by atoms with Crippen molar-refractivity contribution < 1.29 is 0 Å². The van der Waals surface area contributed by atoms with Crippen LogP contribution in [0.25, 0.3) is 33.4 Å². The fourth-order valence-corrected chi connectivity index (χ4v) is 11.9. The van der Waals surface area contributed by atoms with E-state index in [9.17, 15) is 0 Å². The molecule has 7 aromatic rings. The first-order valence-corrected chi connectivity index (χ1v) is 20.3. The average molecular weight is 718 g/mol. The quantitative estimate of drug-likeness (QED) is 0.176. The van der Waals surface area contributed by atoms with Crippen LogP contribution < -0.4 is 4.90 Å². The zero-order valence-corrected chi connectivity index (χ0v) is 32.3. The summed E-state index contributed by atoms with van der Waals surface area (Å²) in [5.74, 6) is 0.454. The molecule has 0 amide bonds. The molecule has 0 N–H and O–H groups in total. The Morgan fingerprint density at radius 3 is 1.36 bits per heavy atom. The number of rotatable bonds is 3. The summed E-state index contributed by atoms with van der Waals surface area (Å²) >= 11 is 0. The van der Waals surface area contributed by atoms with Gasteiger partial charge in [0.25, 0.3) is 0 Å². The number of nitrogens with zero attached hydrogens (tertiary/aromatic N) is 1. The van der Waals surface area contributed by atoms with Crippen LogP contribution in [-0.2, 0) is 16.2 Å². The van der Waals surface area contributed by atoms with Gasteiger partial charge in [-0.05, 0) is 108 Å². The molecule has 2 unspecified atom stereocenters. The lowest BCUT2D eigenvalue weighted by molar-refractivity contribution is 0.465. The van der Waals surface area contributed by atoms with Gasteiger partial charge in [-0.25, -0.2) is 0 Å². The first kappa shape index (κ1) is 32.1. The van der Waals surface area contributed by atoms with Gasteiger partial charge in [-0.15, -0.1) is 0 Å². The van der Waals surface area contributed by atoms with Gasteiger partial charge in [-0.3, -0.25) is 0 Å². The monoisotopic (exact) mass is 717 g/mol. The number of allylic oxidation sites excluding steroid dienone is 4. The predicted octanol–water partition coefficient (Wildman–Crippen LogP) is 13.9. The molecule has 1 heteroatoms. The van der Waals surface area contributed by atoms with E-state index in [1.807, 2.05) is 0 Å². The van der Waals surface area contributed by atoms with Crippen LogP contribution in [0.4, 0.5) is 17.1 Å². The summed E-state index contributed by atoms with van der Waals surface area (Å²) in [7, 11) is 0. The van der Waals surface area contributed by atoms with Gasteiger partial charge < -0.3 is 4.90 Å². The topological polar surface area (TPSA) is 3.24 Å². The lowest BCUT2D eigenvalue weighted by Gasteiger charge is -2.36. The minimum atomic E-state index is -0.292. The minimum absolute atomic E-state index is 0.114. The van der Waals surface area contributed by atoms with Gasteiger partial charge in [0.2, 0.25) is 0 Å². The first-order chi connectivity index (χ1) is 27.3. The van der Waals surface area contributed by atoms with E-state index < -0.39 is 0 Å². The number of anilines is 3. The van der Waals surface area contributed by atoms with Crippen LogP contribution in [-0.4, -0.2) is 0 Å². The fourth-order valence-electron chi connectivity index (χ4n) is 11.9. The molecule has 0 saturated heterocycles. The van der Waals surface area contributed by atoms with E-state index in [1.54, 1.807) is 0 Å². The van der Waals surface area contributed by atoms with Crippen molar-refractivity contribution in [2.75, 3.05) is 4.90 Å². The second-order valence-electron chi connectivity index (χ2n) is 17.6. The molecule has 7 aromatic carbocycles. The van der Waals surface area contributed by atoms with Crippen LogP contribution in [0, 0.1) is 5.92 Å². The van der Waals surface area contributed by atoms with E-state index in [4.69, 9.17) is 0 Å². The average Bonchev–Trinajstić information content (AvgIpc) is 3.87. The van der Waals surface area contributed by atoms with Gasteiger partial charge in [0.15, 0.2) is 0 Å². The van der Waals surface area contributed by atoms with Crippen LogP contribution in [0.5, 0.6) is 0 Å². The molecule has 0 aromatic heterocycles. The number of benzene rings is 7. The van der Waals surface area contributed by atoms with Crippen molar-refractivity contribution in [2.45, 2.75) is 49.9 Å². The van der Waals surface area contributed by atoms with E-state index in [2.05, 4.69) is 209 Å². The summed E-state index contributed by atoms with van der Waals surface area (Å²) in [4.78, 5) is 2.60. The van der Waals surface area contributed by atoms with E-state index in [1.165, 1.54) is 95.0 Å². The van der Waals surface area contributed by atoms with Crippen LogP contribution in [0.2, 0.25) is 0 Å². The molecule has 0 radical (unpaired) electrons. The van der Waals surface area contributed by atoms with E-state index >= 15 is 0 Å². The maximum absolute atomic E-state index is 2.60. The van der Waals surface area contributed by atoms with Crippen LogP contribution in [0.1, 0.15) is 78.1 Å². The molecule has 0 heterocycles.